The summed E-state index contributed by atoms with van der Waals surface area (Å²) in [5.74, 6) is 0.814. The molecule has 5 heteroatoms. The van der Waals surface area contributed by atoms with Crippen LogP contribution in [0.3, 0.4) is 0 Å². The zero-order valence-electron chi connectivity index (χ0n) is 14.9. The molecule has 0 aliphatic heterocycles. The summed E-state index contributed by atoms with van der Waals surface area (Å²) in [6, 6.07) is 13.8. The number of nitrogens with zero attached hydrogens (tertiary/aromatic N) is 1. The fourth-order valence-corrected chi connectivity index (χ4v) is 2.76. The number of aryl methyl sites for hydroxylation is 1. The van der Waals surface area contributed by atoms with Crippen LogP contribution >= 0.6 is 15.9 Å². The normalized spacial score (nSPS) is 12.4. The van der Waals surface area contributed by atoms with Crippen molar-refractivity contribution in [3.63, 3.8) is 0 Å². The molecule has 0 aromatic heterocycles. The number of halogens is 1. The maximum absolute atomic E-state index is 12.1. The first-order valence-corrected chi connectivity index (χ1v) is 9.02. The van der Waals surface area contributed by atoms with Crippen molar-refractivity contribution in [2.24, 2.45) is 5.10 Å². The second-order valence-electron chi connectivity index (χ2n) is 6.25. The highest BCUT2D eigenvalue weighted by Crippen LogP contribution is 2.26. The van der Waals surface area contributed by atoms with E-state index in [2.05, 4.69) is 52.4 Å². The van der Waals surface area contributed by atoms with E-state index in [-0.39, 0.29) is 5.91 Å². The zero-order chi connectivity index (χ0) is 18.4. The lowest BCUT2D eigenvalue weighted by atomic mass is 10.0. The van der Waals surface area contributed by atoms with Gasteiger partial charge >= 0.3 is 0 Å². The van der Waals surface area contributed by atoms with Crippen molar-refractivity contribution in [2.45, 2.75) is 39.7 Å². The van der Waals surface area contributed by atoms with E-state index in [4.69, 9.17) is 4.74 Å². The number of nitrogens with one attached hydrogen (secondary N) is 1. The van der Waals surface area contributed by atoms with Crippen molar-refractivity contribution in [2.75, 3.05) is 0 Å². The van der Waals surface area contributed by atoms with Gasteiger partial charge < -0.3 is 4.74 Å². The van der Waals surface area contributed by atoms with E-state index < -0.39 is 6.10 Å². The Morgan fingerprint density at radius 1 is 1.16 bits per heavy atom. The third-order valence-electron chi connectivity index (χ3n) is 3.75. The maximum Gasteiger partial charge on any atom is 0.280 e. The van der Waals surface area contributed by atoms with Gasteiger partial charge in [-0.3, -0.25) is 4.79 Å². The Labute approximate surface area is 157 Å². The number of carbonyl (C=O) groups is 1. The molecule has 0 heterocycles. The Hall–Kier alpha value is -2.14. The van der Waals surface area contributed by atoms with Crippen LogP contribution in [-0.2, 0) is 4.79 Å². The predicted molar refractivity (Wildman–Crippen MR) is 105 cm³/mol. The lowest BCUT2D eigenvalue weighted by molar-refractivity contribution is -0.127. The molecule has 0 fully saturated rings. The summed E-state index contributed by atoms with van der Waals surface area (Å²) in [5.41, 5.74) is 5.83. The number of benzene rings is 2. The van der Waals surface area contributed by atoms with Crippen LogP contribution in [0.5, 0.6) is 5.75 Å². The van der Waals surface area contributed by atoms with Gasteiger partial charge in [-0.1, -0.05) is 44.2 Å². The third-order valence-corrected chi connectivity index (χ3v) is 4.37. The quantitative estimate of drug-likeness (QED) is 0.557. The second kappa shape index (κ2) is 8.81. The molecule has 25 heavy (non-hydrogen) atoms. The molecule has 0 saturated heterocycles. The van der Waals surface area contributed by atoms with Crippen LogP contribution in [0.15, 0.2) is 52.0 Å². The smallest absolute Gasteiger partial charge is 0.280 e. The molecule has 0 aliphatic carbocycles. The fraction of sp³-hybridized carbons (Fsp3) is 0.300. The van der Waals surface area contributed by atoms with Crippen molar-refractivity contribution in [1.29, 1.82) is 0 Å². The van der Waals surface area contributed by atoms with Gasteiger partial charge in [0, 0.05) is 0 Å². The summed E-state index contributed by atoms with van der Waals surface area (Å²) >= 11 is 3.44. The van der Waals surface area contributed by atoms with Gasteiger partial charge in [0.15, 0.2) is 6.10 Å². The highest BCUT2D eigenvalue weighted by Gasteiger charge is 2.15. The number of hydrogen-bond donors (Lipinski definition) is 1. The highest BCUT2D eigenvalue weighted by atomic mass is 79.9. The SMILES string of the molecule is Cc1ccc(OC(C)C(=O)NN=Cc2ccc(C(C)C)cc2)c(Br)c1. The highest BCUT2D eigenvalue weighted by molar-refractivity contribution is 9.10. The van der Waals surface area contributed by atoms with E-state index in [9.17, 15) is 4.79 Å². The maximum atomic E-state index is 12.1. The number of amides is 1. The van der Waals surface area contributed by atoms with Gasteiger partial charge in [0.25, 0.3) is 5.91 Å². The van der Waals surface area contributed by atoms with Crippen molar-refractivity contribution in [3.05, 3.63) is 63.6 Å². The standard InChI is InChI=1S/C20H23BrN2O2/c1-13(2)17-8-6-16(7-9-17)12-22-23-20(24)15(4)25-19-10-5-14(3)11-18(19)21/h5-13,15H,1-4H3,(H,23,24). The molecule has 0 spiro atoms. The summed E-state index contributed by atoms with van der Waals surface area (Å²) in [6.07, 6.45) is 0.968. The first-order chi connectivity index (χ1) is 11.9. The van der Waals surface area contributed by atoms with Crippen molar-refractivity contribution in [1.82, 2.24) is 5.43 Å². The van der Waals surface area contributed by atoms with Gasteiger partial charge in [-0.05, 0) is 64.5 Å². The van der Waals surface area contributed by atoms with Crippen LogP contribution in [0.1, 0.15) is 43.4 Å². The molecule has 2 aromatic carbocycles. The summed E-state index contributed by atoms with van der Waals surface area (Å²) in [5, 5.41) is 4.00. The minimum atomic E-state index is -0.653. The van der Waals surface area contributed by atoms with Crippen molar-refractivity contribution in [3.8, 4) is 5.75 Å². The molecule has 1 unspecified atom stereocenters. The molecular weight excluding hydrogens is 380 g/mol. The first-order valence-electron chi connectivity index (χ1n) is 8.22. The van der Waals surface area contributed by atoms with Gasteiger partial charge in [0.2, 0.25) is 0 Å². The Morgan fingerprint density at radius 3 is 2.44 bits per heavy atom. The lowest BCUT2D eigenvalue weighted by Crippen LogP contribution is -2.33. The van der Waals surface area contributed by atoms with Crippen LogP contribution in [-0.4, -0.2) is 18.2 Å². The molecule has 132 valence electrons. The number of carbonyl (C=O) groups excluding carboxylic acids is 1. The lowest BCUT2D eigenvalue weighted by Gasteiger charge is -2.14. The van der Waals surface area contributed by atoms with Crippen molar-refractivity contribution < 1.29 is 9.53 Å². The van der Waals surface area contributed by atoms with E-state index in [0.29, 0.717) is 11.7 Å². The van der Waals surface area contributed by atoms with Gasteiger partial charge in [-0.2, -0.15) is 5.10 Å². The molecule has 1 N–H and O–H groups in total. The van der Waals surface area contributed by atoms with Crippen LogP contribution in [0.25, 0.3) is 0 Å². The predicted octanol–water partition coefficient (Wildman–Crippen LogP) is 4.80. The average molecular weight is 403 g/mol. The van der Waals surface area contributed by atoms with E-state index in [1.165, 1.54) is 5.56 Å². The Balaban J connectivity index is 1.90. The Kier molecular flexibility index (Phi) is 6.76. The van der Waals surface area contributed by atoms with E-state index in [0.717, 1.165) is 15.6 Å². The molecule has 1 atom stereocenters. The summed E-state index contributed by atoms with van der Waals surface area (Å²) in [4.78, 5) is 12.1. The zero-order valence-corrected chi connectivity index (χ0v) is 16.5. The number of ether oxygens (including phenoxy) is 1. The fourth-order valence-electron chi connectivity index (χ4n) is 2.17. The molecule has 1 amide bonds. The molecular formula is C20H23BrN2O2. The third kappa shape index (κ3) is 5.71. The van der Waals surface area contributed by atoms with Gasteiger partial charge in [0.05, 0.1) is 10.7 Å². The summed E-state index contributed by atoms with van der Waals surface area (Å²) in [6.45, 7) is 7.98. The van der Waals surface area contributed by atoms with Crippen LogP contribution < -0.4 is 10.2 Å². The molecule has 0 saturated carbocycles. The number of hydrazone groups is 1. The minimum absolute atomic E-state index is 0.303. The molecule has 0 bridgehead atoms. The Bertz CT molecular complexity index is 755. The number of rotatable bonds is 6. The molecule has 0 radical (unpaired) electrons. The molecule has 2 rings (SSSR count). The Morgan fingerprint density at radius 2 is 1.84 bits per heavy atom. The largest absolute Gasteiger partial charge is 0.480 e. The molecule has 4 nitrogen and oxygen atoms in total. The topological polar surface area (TPSA) is 50.7 Å². The van der Waals surface area contributed by atoms with Crippen molar-refractivity contribution >= 4 is 28.1 Å². The van der Waals surface area contributed by atoms with E-state index in [1.54, 1.807) is 13.1 Å². The second-order valence-corrected chi connectivity index (χ2v) is 7.10. The van der Waals surface area contributed by atoms with Gasteiger partial charge in [-0.15, -0.1) is 0 Å². The molecule has 2 aromatic rings. The van der Waals surface area contributed by atoms with Crippen LogP contribution in [0, 0.1) is 6.92 Å². The van der Waals surface area contributed by atoms with E-state index in [1.807, 2.05) is 37.3 Å². The van der Waals surface area contributed by atoms with Crippen LogP contribution in [0.4, 0.5) is 0 Å². The van der Waals surface area contributed by atoms with E-state index >= 15 is 0 Å². The monoisotopic (exact) mass is 402 g/mol. The first kappa shape index (κ1) is 19.2. The summed E-state index contributed by atoms with van der Waals surface area (Å²) < 4.78 is 6.49. The number of hydrogen-bond acceptors (Lipinski definition) is 3. The van der Waals surface area contributed by atoms with Gasteiger partial charge in [-0.25, -0.2) is 5.43 Å². The van der Waals surface area contributed by atoms with Crippen LogP contribution in [0.2, 0.25) is 0 Å². The average Bonchev–Trinajstić information content (AvgIpc) is 2.57. The minimum Gasteiger partial charge on any atom is -0.480 e. The summed E-state index contributed by atoms with van der Waals surface area (Å²) in [7, 11) is 0. The molecule has 0 aliphatic rings. The van der Waals surface area contributed by atoms with Gasteiger partial charge in [0.1, 0.15) is 5.75 Å².